The lowest BCUT2D eigenvalue weighted by molar-refractivity contribution is 0.0333. The molecule has 0 spiro atoms. The second kappa shape index (κ2) is 10.4. The van der Waals surface area contributed by atoms with Gasteiger partial charge in [-0.15, -0.1) is 5.10 Å². The molecule has 10 nitrogen and oxygen atoms in total. The standard InChI is InChI=1S/C27H32FN7O3S/c1-19-13-25-21(15-30-35(25)23-5-3-22(28)4-6-23)14-24(19)26-18-34(39(36,37)27-16-29-32(2)31-27)10-9-33(26)17-20-7-11-38-12-8-20/h3-6,13-16,20,26H,7-12,17-18H2,1-2H3. The van der Waals surface area contributed by atoms with Gasteiger partial charge in [-0.05, 0) is 73.2 Å². The normalized spacial score (nSPS) is 20.1. The van der Waals surface area contributed by atoms with Gasteiger partial charge < -0.3 is 4.74 Å². The molecule has 4 aromatic rings. The summed E-state index contributed by atoms with van der Waals surface area (Å²) in [6, 6.07) is 10.3. The van der Waals surface area contributed by atoms with Crippen LogP contribution in [0.3, 0.4) is 0 Å². The van der Waals surface area contributed by atoms with Crippen LogP contribution in [-0.4, -0.2) is 81.8 Å². The molecule has 1 unspecified atom stereocenters. The second-order valence-corrected chi connectivity index (χ2v) is 12.3. The van der Waals surface area contributed by atoms with Crippen LogP contribution >= 0.6 is 0 Å². The van der Waals surface area contributed by atoms with Gasteiger partial charge in [-0.25, -0.2) is 17.5 Å². The minimum Gasteiger partial charge on any atom is -0.381 e. The Morgan fingerprint density at radius 3 is 2.54 bits per heavy atom. The maximum Gasteiger partial charge on any atom is 0.264 e. The van der Waals surface area contributed by atoms with E-state index in [1.54, 1.807) is 30.1 Å². The number of benzene rings is 2. The molecule has 2 aliphatic heterocycles. The predicted octanol–water partition coefficient (Wildman–Crippen LogP) is 3.08. The van der Waals surface area contributed by atoms with Gasteiger partial charge in [0.15, 0.2) is 0 Å². The topological polar surface area (TPSA) is 98.4 Å². The first kappa shape index (κ1) is 26.1. The highest BCUT2D eigenvalue weighted by atomic mass is 32.2. The summed E-state index contributed by atoms with van der Waals surface area (Å²) < 4.78 is 49.4. The van der Waals surface area contributed by atoms with Crippen LogP contribution in [-0.2, 0) is 21.8 Å². The number of aryl methyl sites for hydroxylation is 2. The third-order valence-corrected chi connectivity index (χ3v) is 9.58. The molecule has 2 saturated heterocycles. The highest BCUT2D eigenvalue weighted by Gasteiger charge is 2.38. The largest absolute Gasteiger partial charge is 0.381 e. The molecule has 206 valence electrons. The van der Waals surface area contributed by atoms with Gasteiger partial charge in [0.1, 0.15) is 5.82 Å². The van der Waals surface area contributed by atoms with Crippen LogP contribution in [0.15, 0.2) is 53.8 Å². The Labute approximate surface area is 227 Å². The number of hydrogen-bond acceptors (Lipinski definition) is 7. The molecule has 1 atom stereocenters. The van der Waals surface area contributed by atoms with Gasteiger partial charge in [-0.2, -0.15) is 19.3 Å². The maximum atomic E-state index is 13.5. The van der Waals surface area contributed by atoms with Crippen LogP contribution in [0.2, 0.25) is 0 Å². The van der Waals surface area contributed by atoms with Gasteiger partial charge in [-0.3, -0.25) is 4.90 Å². The lowest BCUT2D eigenvalue weighted by Crippen LogP contribution is -2.52. The number of aromatic nitrogens is 5. The maximum absolute atomic E-state index is 13.5. The van der Waals surface area contributed by atoms with Gasteiger partial charge in [0.05, 0.1) is 23.6 Å². The average molecular weight is 554 g/mol. The fraction of sp³-hybridized carbons (Fsp3) is 0.444. The molecule has 12 heteroatoms. The highest BCUT2D eigenvalue weighted by Crippen LogP contribution is 2.34. The van der Waals surface area contributed by atoms with Crippen LogP contribution in [0.1, 0.15) is 30.0 Å². The Balaban J connectivity index is 1.36. The van der Waals surface area contributed by atoms with Crippen molar-refractivity contribution in [3.05, 3.63) is 65.7 Å². The molecule has 2 aromatic carbocycles. The van der Waals surface area contributed by atoms with Crippen LogP contribution in [0, 0.1) is 18.7 Å². The summed E-state index contributed by atoms with van der Waals surface area (Å²) in [4.78, 5) is 3.69. The van der Waals surface area contributed by atoms with Crippen molar-refractivity contribution in [2.24, 2.45) is 13.0 Å². The van der Waals surface area contributed by atoms with Crippen LogP contribution in [0.25, 0.3) is 16.6 Å². The summed E-state index contributed by atoms with van der Waals surface area (Å²) in [7, 11) is -2.17. The molecule has 0 radical (unpaired) electrons. The highest BCUT2D eigenvalue weighted by molar-refractivity contribution is 7.89. The Morgan fingerprint density at radius 1 is 1.05 bits per heavy atom. The molecule has 0 amide bonds. The van der Waals surface area contributed by atoms with Crippen molar-refractivity contribution in [3.63, 3.8) is 0 Å². The molecule has 6 rings (SSSR count). The molecule has 2 aromatic heterocycles. The van der Waals surface area contributed by atoms with Crippen LogP contribution in [0.4, 0.5) is 4.39 Å². The Morgan fingerprint density at radius 2 is 1.82 bits per heavy atom. The minimum atomic E-state index is -3.78. The zero-order valence-corrected chi connectivity index (χ0v) is 22.9. The van der Waals surface area contributed by atoms with Crippen molar-refractivity contribution in [3.8, 4) is 5.69 Å². The molecule has 0 bridgehead atoms. The fourth-order valence-corrected chi connectivity index (χ4v) is 7.03. The zero-order chi connectivity index (χ0) is 27.1. The van der Waals surface area contributed by atoms with Crippen molar-refractivity contribution >= 4 is 20.9 Å². The van der Waals surface area contributed by atoms with E-state index in [2.05, 4.69) is 39.3 Å². The van der Waals surface area contributed by atoms with Crippen LogP contribution < -0.4 is 0 Å². The number of halogens is 1. The van der Waals surface area contributed by atoms with Crippen molar-refractivity contribution in [1.82, 2.24) is 34.0 Å². The summed E-state index contributed by atoms with van der Waals surface area (Å²) >= 11 is 0. The first-order valence-electron chi connectivity index (χ1n) is 13.2. The number of sulfonamides is 1. The third kappa shape index (κ3) is 5.09. The molecule has 0 N–H and O–H groups in total. The van der Waals surface area contributed by atoms with E-state index < -0.39 is 10.0 Å². The summed E-state index contributed by atoms with van der Waals surface area (Å²) in [5.74, 6) is 0.214. The van der Waals surface area contributed by atoms with E-state index >= 15 is 0 Å². The molecular formula is C27H32FN7O3S. The lowest BCUT2D eigenvalue weighted by atomic mass is 9.93. The number of ether oxygens (including phenoxy) is 1. The van der Waals surface area contributed by atoms with E-state index in [0.29, 0.717) is 25.6 Å². The molecule has 39 heavy (non-hydrogen) atoms. The third-order valence-electron chi connectivity index (χ3n) is 7.86. The van der Waals surface area contributed by atoms with E-state index in [-0.39, 0.29) is 16.9 Å². The summed E-state index contributed by atoms with van der Waals surface area (Å²) in [6.45, 7) is 5.81. The quantitative estimate of drug-likeness (QED) is 0.362. The lowest BCUT2D eigenvalue weighted by Gasteiger charge is -2.43. The first-order chi connectivity index (χ1) is 18.8. The molecule has 2 fully saturated rings. The Kier molecular flexibility index (Phi) is 6.96. The monoisotopic (exact) mass is 553 g/mol. The van der Waals surface area contributed by atoms with Crippen molar-refractivity contribution in [2.75, 3.05) is 39.4 Å². The predicted molar refractivity (Wildman–Crippen MR) is 143 cm³/mol. The van der Waals surface area contributed by atoms with Gasteiger partial charge in [0.25, 0.3) is 10.0 Å². The smallest absolute Gasteiger partial charge is 0.264 e. The molecule has 4 heterocycles. The summed E-state index contributed by atoms with van der Waals surface area (Å²) in [5, 5.41) is 13.5. The Bertz CT molecular complexity index is 1580. The van der Waals surface area contributed by atoms with Gasteiger partial charge in [0.2, 0.25) is 5.03 Å². The van der Waals surface area contributed by atoms with Gasteiger partial charge >= 0.3 is 0 Å². The number of rotatable bonds is 6. The molecule has 2 aliphatic rings. The zero-order valence-electron chi connectivity index (χ0n) is 22.1. The number of nitrogens with zero attached hydrogens (tertiary/aromatic N) is 7. The van der Waals surface area contributed by atoms with Gasteiger partial charge in [-0.1, -0.05) is 0 Å². The molecule has 0 aliphatic carbocycles. The van der Waals surface area contributed by atoms with Crippen LogP contribution in [0.5, 0.6) is 0 Å². The number of fused-ring (bicyclic) bond motifs is 1. The van der Waals surface area contributed by atoms with E-state index in [0.717, 1.165) is 60.3 Å². The van der Waals surface area contributed by atoms with E-state index in [1.807, 2.05) is 0 Å². The minimum absolute atomic E-state index is 0.0330. The Hall–Kier alpha value is -3.19. The van der Waals surface area contributed by atoms with Crippen molar-refractivity contribution in [2.45, 2.75) is 30.8 Å². The average Bonchev–Trinajstić information content (AvgIpc) is 3.56. The van der Waals surface area contributed by atoms with Crippen molar-refractivity contribution < 1.29 is 17.5 Å². The van der Waals surface area contributed by atoms with E-state index in [1.165, 1.54) is 27.4 Å². The summed E-state index contributed by atoms with van der Waals surface area (Å²) in [5.41, 5.74) is 3.82. The summed E-state index contributed by atoms with van der Waals surface area (Å²) in [6.07, 6.45) is 5.13. The molecular weight excluding hydrogens is 521 g/mol. The molecule has 0 saturated carbocycles. The first-order valence-corrected chi connectivity index (χ1v) is 14.7. The van der Waals surface area contributed by atoms with Crippen molar-refractivity contribution in [1.29, 1.82) is 0 Å². The fourth-order valence-electron chi connectivity index (χ4n) is 5.71. The number of hydrogen-bond donors (Lipinski definition) is 0. The SMILES string of the molecule is Cc1cc2c(cnn2-c2ccc(F)cc2)cc1C1CN(S(=O)(=O)c2cnn(C)n2)CCN1CC1CCOCC1. The van der Waals surface area contributed by atoms with E-state index in [9.17, 15) is 12.8 Å². The number of piperazine rings is 1. The van der Waals surface area contributed by atoms with E-state index in [4.69, 9.17) is 4.74 Å². The van der Waals surface area contributed by atoms with Gasteiger partial charge in [0, 0.05) is 57.9 Å². The second-order valence-electron chi connectivity index (χ2n) is 10.4.